The molecule has 0 spiro atoms. The Morgan fingerprint density at radius 2 is 1.77 bits per heavy atom. The molecule has 0 aliphatic rings. The molecule has 1 aromatic heterocycles. The average molecular weight is 358 g/mol. The third-order valence-corrected chi connectivity index (χ3v) is 4.75. The van der Waals surface area contributed by atoms with Gasteiger partial charge in [0.1, 0.15) is 0 Å². The minimum atomic E-state index is 0.167. The molecule has 26 heavy (non-hydrogen) atoms. The van der Waals surface area contributed by atoms with Crippen molar-refractivity contribution in [2.75, 3.05) is 27.2 Å². The number of aromatic nitrogens is 4. The Bertz CT molecular complexity index is 731. The SMILES string of the molecule is Cc1cc(C)c(CC(=O)N(C)CCCN(C)Cc2nnnn2C)c(C)c1. The standard InChI is InChI=1S/C19H30N6O/c1-14-10-15(2)17(16(3)11-14)12-19(26)24(5)9-7-8-23(4)13-18-20-21-22-25(18)6/h10-11H,7-9,12-13H2,1-6H3. The number of hydrogen-bond donors (Lipinski definition) is 0. The van der Waals surface area contributed by atoms with Gasteiger partial charge < -0.3 is 4.90 Å². The van der Waals surface area contributed by atoms with E-state index in [0.29, 0.717) is 13.0 Å². The van der Waals surface area contributed by atoms with Crippen LogP contribution < -0.4 is 0 Å². The van der Waals surface area contributed by atoms with Gasteiger partial charge in [0, 0.05) is 20.6 Å². The van der Waals surface area contributed by atoms with E-state index in [1.54, 1.807) is 4.68 Å². The molecule has 0 saturated carbocycles. The molecule has 0 aliphatic carbocycles. The summed E-state index contributed by atoms with van der Waals surface area (Å²) in [5.41, 5.74) is 4.78. The summed E-state index contributed by atoms with van der Waals surface area (Å²) in [5, 5.41) is 11.5. The van der Waals surface area contributed by atoms with Crippen LogP contribution in [0.2, 0.25) is 0 Å². The molecule has 0 radical (unpaired) electrons. The first-order chi connectivity index (χ1) is 12.3. The summed E-state index contributed by atoms with van der Waals surface area (Å²) >= 11 is 0. The molecule has 1 heterocycles. The van der Waals surface area contributed by atoms with E-state index < -0.39 is 0 Å². The van der Waals surface area contributed by atoms with Gasteiger partial charge in [-0.25, -0.2) is 4.68 Å². The Morgan fingerprint density at radius 1 is 1.12 bits per heavy atom. The summed E-state index contributed by atoms with van der Waals surface area (Å²) in [4.78, 5) is 16.6. The monoisotopic (exact) mass is 358 g/mol. The number of amides is 1. The number of carbonyl (C=O) groups is 1. The molecule has 1 aromatic carbocycles. The van der Waals surface area contributed by atoms with Crippen LogP contribution in [0.3, 0.4) is 0 Å². The lowest BCUT2D eigenvalue weighted by molar-refractivity contribution is -0.129. The molecular weight excluding hydrogens is 328 g/mol. The number of nitrogens with zero attached hydrogens (tertiary/aromatic N) is 6. The molecule has 7 nitrogen and oxygen atoms in total. The average Bonchev–Trinajstić information content (AvgIpc) is 2.95. The Balaban J connectivity index is 1.79. The first-order valence-corrected chi connectivity index (χ1v) is 8.98. The van der Waals surface area contributed by atoms with Crippen LogP contribution in [0.5, 0.6) is 0 Å². The second-order valence-electron chi connectivity index (χ2n) is 7.18. The highest BCUT2D eigenvalue weighted by atomic mass is 16.2. The molecule has 0 unspecified atom stereocenters. The predicted molar refractivity (Wildman–Crippen MR) is 102 cm³/mol. The van der Waals surface area contributed by atoms with Crippen LogP contribution in [0.25, 0.3) is 0 Å². The zero-order chi connectivity index (χ0) is 19.3. The number of tetrazole rings is 1. The number of hydrogen-bond acceptors (Lipinski definition) is 5. The molecule has 0 N–H and O–H groups in total. The van der Waals surface area contributed by atoms with Crippen molar-refractivity contribution in [3.05, 3.63) is 40.2 Å². The minimum absolute atomic E-state index is 0.167. The third kappa shape index (κ3) is 5.36. The maximum Gasteiger partial charge on any atom is 0.226 e. The van der Waals surface area contributed by atoms with Gasteiger partial charge in [-0.05, 0) is 67.9 Å². The Kier molecular flexibility index (Phi) is 6.85. The summed E-state index contributed by atoms with van der Waals surface area (Å²) in [7, 11) is 5.76. The van der Waals surface area contributed by atoms with E-state index in [0.717, 1.165) is 30.9 Å². The highest BCUT2D eigenvalue weighted by Gasteiger charge is 2.14. The Morgan fingerprint density at radius 3 is 2.35 bits per heavy atom. The van der Waals surface area contributed by atoms with Crippen molar-refractivity contribution in [3.63, 3.8) is 0 Å². The van der Waals surface area contributed by atoms with Gasteiger partial charge in [0.25, 0.3) is 0 Å². The molecule has 0 saturated heterocycles. The molecular formula is C19H30N6O. The van der Waals surface area contributed by atoms with Crippen molar-refractivity contribution < 1.29 is 4.79 Å². The van der Waals surface area contributed by atoms with Gasteiger partial charge in [-0.3, -0.25) is 9.69 Å². The van der Waals surface area contributed by atoms with Gasteiger partial charge in [0.05, 0.1) is 13.0 Å². The quantitative estimate of drug-likeness (QED) is 0.718. The Hall–Kier alpha value is -2.28. The van der Waals surface area contributed by atoms with Crippen LogP contribution in [-0.2, 0) is 24.8 Å². The fourth-order valence-corrected chi connectivity index (χ4v) is 3.18. The van der Waals surface area contributed by atoms with Crippen molar-refractivity contribution >= 4 is 5.91 Å². The molecule has 2 rings (SSSR count). The van der Waals surface area contributed by atoms with Crippen LogP contribution in [0.15, 0.2) is 12.1 Å². The number of rotatable bonds is 8. The van der Waals surface area contributed by atoms with E-state index in [-0.39, 0.29) is 5.91 Å². The highest BCUT2D eigenvalue weighted by molar-refractivity contribution is 5.79. The van der Waals surface area contributed by atoms with Gasteiger partial charge in [-0.1, -0.05) is 17.7 Å². The van der Waals surface area contributed by atoms with Gasteiger partial charge in [0.2, 0.25) is 5.91 Å². The fraction of sp³-hybridized carbons (Fsp3) is 0.579. The molecule has 0 fully saturated rings. The first-order valence-electron chi connectivity index (χ1n) is 8.98. The van der Waals surface area contributed by atoms with Crippen LogP contribution in [-0.4, -0.2) is 63.1 Å². The van der Waals surface area contributed by atoms with E-state index in [2.05, 4.69) is 53.3 Å². The lowest BCUT2D eigenvalue weighted by Gasteiger charge is -2.21. The van der Waals surface area contributed by atoms with Crippen molar-refractivity contribution in [1.29, 1.82) is 0 Å². The van der Waals surface area contributed by atoms with Gasteiger partial charge >= 0.3 is 0 Å². The number of aryl methyl sites for hydroxylation is 4. The zero-order valence-electron chi connectivity index (χ0n) is 16.8. The number of benzene rings is 1. The van der Waals surface area contributed by atoms with E-state index in [1.807, 2.05) is 26.0 Å². The van der Waals surface area contributed by atoms with Crippen LogP contribution >= 0.6 is 0 Å². The molecule has 0 atom stereocenters. The van der Waals surface area contributed by atoms with Crippen molar-refractivity contribution in [1.82, 2.24) is 30.0 Å². The summed E-state index contributed by atoms with van der Waals surface area (Å²) in [6.07, 6.45) is 1.38. The third-order valence-electron chi connectivity index (χ3n) is 4.75. The minimum Gasteiger partial charge on any atom is -0.345 e. The lowest BCUT2D eigenvalue weighted by Crippen LogP contribution is -2.32. The van der Waals surface area contributed by atoms with Crippen molar-refractivity contribution in [3.8, 4) is 0 Å². The van der Waals surface area contributed by atoms with E-state index in [9.17, 15) is 4.79 Å². The second-order valence-corrected chi connectivity index (χ2v) is 7.18. The van der Waals surface area contributed by atoms with Gasteiger partial charge in [-0.2, -0.15) is 0 Å². The first kappa shape index (κ1) is 20.0. The van der Waals surface area contributed by atoms with Crippen molar-refractivity contribution in [2.45, 2.75) is 40.2 Å². The summed E-state index contributed by atoms with van der Waals surface area (Å²) in [6, 6.07) is 4.29. The van der Waals surface area contributed by atoms with Gasteiger partial charge in [-0.15, -0.1) is 5.10 Å². The van der Waals surface area contributed by atoms with Crippen LogP contribution in [0.4, 0.5) is 0 Å². The topological polar surface area (TPSA) is 67.2 Å². The molecule has 0 aliphatic heterocycles. The molecule has 0 bridgehead atoms. The van der Waals surface area contributed by atoms with Crippen LogP contribution in [0, 0.1) is 20.8 Å². The summed E-state index contributed by atoms with van der Waals surface area (Å²) < 4.78 is 1.68. The maximum absolute atomic E-state index is 12.6. The number of likely N-dealkylation sites (N-methyl/N-ethyl adjacent to an activating group) is 1. The lowest BCUT2D eigenvalue weighted by atomic mass is 9.97. The van der Waals surface area contributed by atoms with Gasteiger partial charge in [0.15, 0.2) is 5.82 Å². The summed E-state index contributed by atoms with van der Waals surface area (Å²) in [5.74, 6) is 1.00. The highest BCUT2D eigenvalue weighted by Crippen LogP contribution is 2.17. The zero-order valence-corrected chi connectivity index (χ0v) is 16.8. The molecule has 2 aromatic rings. The molecule has 142 valence electrons. The fourth-order valence-electron chi connectivity index (χ4n) is 3.18. The normalized spacial score (nSPS) is 11.2. The predicted octanol–water partition coefficient (Wildman–Crippen LogP) is 1.66. The van der Waals surface area contributed by atoms with Crippen molar-refractivity contribution in [2.24, 2.45) is 7.05 Å². The smallest absolute Gasteiger partial charge is 0.226 e. The number of carbonyl (C=O) groups excluding carboxylic acids is 1. The Labute approximate surface area is 156 Å². The maximum atomic E-state index is 12.6. The molecule has 7 heteroatoms. The van der Waals surface area contributed by atoms with E-state index in [1.165, 1.54) is 16.7 Å². The van der Waals surface area contributed by atoms with Crippen LogP contribution in [0.1, 0.15) is 34.5 Å². The second kappa shape index (κ2) is 8.89. The summed E-state index contributed by atoms with van der Waals surface area (Å²) in [6.45, 7) is 8.57. The van der Waals surface area contributed by atoms with E-state index in [4.69, 9.17) is 0 Å². The molecule has 1 amide bonds. The van der Waals surface area contributed by atoms with E-state index >= 15 is 0 Å². The largest absolute Gasteiger partial charge is 0.345 e.